The molecule has 124 valence electrons. The first kappa shape index (κ1) is 16.1. The molecule has 0 fully saturated rings. The van der Waals surface area contributed by atoms with Gasteiger partial charge in [-0.1, -0.05) is 30.3 Å². The summed E-state index contributed by atoms with van der Waals surface area (Å²) < 4.78 is 5.88. The molecule has 0 saturated carbocycles. The van der Waals surface area contributed by atoms with Crippen molar-refractivity contribution in [2.45, 2.75) is 13.8 Å². The summed E-state index contributed by atoms with van der Waals surface area (Å²) in [5, 5.41) is 2.88. The van der Waals surface area contributed by atoms with Crippen molar-refractivity contribution in [3.05, 3.63) is 59.7 Å². The Morgan fingerprint density at radius 3 is 2.75 bits per heavy atom. The molecule has 0 aliphatic carbocycles. The van der Waals surface area contributed by atoms with Gasteiger partial charge in [-0.05, 0) is 43.2 Å². The number of ether oxygens (including phenoxy) is 1. The van der Waals surface area contributed by atoms with Crippen LogP contribution >= 0.6 is 0 Å². The van der Waals surface area contributed by atoms with Gasteiger partial charge >= 0.3 is 6.03 Å². The van der Waals surface area contributed by atoms with E-state index >= 15 is 0 Å². The number of hydrogen-bond acceptors (Lipinski definition) is 3. The standard InChI is InChI=1S/C19H21N3O2/c1-14-7-6-10-17(15(14)2)24-13-18-20-11-12-22(18)19(23)21-16-8-4-3-5-9-16/h3-10H,11-13H2,1-2H3,(H,21,23). The van der Waals surface area contributed by atoms with E-state index in [-0.39, 0.29) is 12.6 Å². The first-order valence-corrected chi connectivity index (χ1v) is 8.01. The molecule has 1 heterocycles. The normalized spacial score (nSPS) is 13.6. The van der Waals surface area contributed by atoms with Crippen molar-refractivity contribution >= 4 is 17.6 Å². The number of nitrogens with one attached hydrogen (secondary N) is 1. The average Bonchev–Trinajstić information content (AvgIpc) is 3.06. The van der Waals surface area contributed by atoms with E-state index in [0.717, 1.165) is 17.0 Å². The Kier molecular flexibility index (Phi) is 4.79. The van der Waals surface area contributed by atoms with Gasteiger partial charge in [-0.2, -0.15) is 0 Å². The summed E-state index contributed by atoms with van der Waals surface area (Å²) >= 11 is 0. The van der Waals surface area contributed by atoms with Gasteiger partial charge < -0.3 is 10.1 Å². The Bertz CT molecular complexity index is 756. The summed E-state index contributed by atoms with van der Waals surface area (Å²) in [5.41, 5.74) is 3.06. The van der Waals surface area contributed by atoms with Gasteiger partial charge in [0.1, 0.15) is 18.2 Å². The van der Waals surface area contributed by atoms with E-state index in [2.05, 4.69) is 23.3 Å². The minimum absolute atomic E-state index is 0.179. The third-order valence-corrected chi connectivity index (χ3v) is 4.11. The second-order valence-corrected chi connectivity index (χ2v) is 5.73. The van der Waals surface area contributed by atoms with Crippen molar-refractivity contribution < 1.29 is 9.53 Å². The summed E-state index contributed by atoms with van der Waals surface area (Å²) in [5.74, 6) is 1.48. The number of carbonyl (C=O) groups is 1. The van der Waals surface area contributed by atoms with E-state index in [1.807, 2.05) is 49.4 Å². The predicted octanol–water partition coefficient (Wildman–Crippen LogP) is 3.63. The van der Waals surface area contributed by atoms with E-state index in [1.54, 1.807) is 4.90 Å². The van der Waals surface area contributed by atoms with Crippen LogP contribution in [0.15, 0.2) is 53.5 Å². The van der Waals surface area contributed by atoms with Gasteiger partial charge in [0.15, 0.2) is 0 Å². The van der Waals surface area contributed by atoms with Crippen LogP contribution in [-0.4, -0.2) is 36.5 Å². The van der Waals surface area contributed by atoms with Crippen molar-refractivity contribution in [1.29, 1.82) is 0 Å². The summed E-state index contributed by atoms with van der Waals surface area (Å²) in [6.07, 6.45) is 0. The van der Waals surface area contributed by atoms with Crippen molar-refractivity contribution in [3.8, 4) is 5.75 Å². The topological polar surface area (TPSA) is 53.9 Å². The van der Waals surface area contributed by atoms with E-state index in [9.17, 15) is 4.79 Å². The lowest BCUT2D eigenvalue weighted by Gasteiger charge is -2.20. The SMILES string of the molecule is Cc1cccc(OCC2=NCCN2C(=O)Nc2ccccc2)c1C. The number of amides is 2. The number of rotatable bonds is 4. The Labute approximate surface area is 142 Å². The van der Waals surface area contributed by atoms with Gasteiger partial charge in [0.05, 0.1) is 6.54 Å². The number of aryl methyl sites for hydroxylation is 1. The van der Waals surface area contributed by atoms with Crippen LogP contribution < -0.4 is 10.1 Å². The molecule has 2 aromatic carbocycles. The zero-order chi connectivity index (χ0) is 16.9. The number of aliphatic imine (C=N–C) groups is 1. The molecule has 5 heteroatoms. The molecule has 5 nitrogen and oxygen atoms in total. The number of para-hydroxylation sites is 1. The number of hydrogen-bond donors (Lipinski definition) is 1. The third kappa shape index (κ3) is 3.56. The molecule has 0 saturated heterocycles. The fourth-order valence-electron chi connectivity index (χ4n) is 2.57. The van der Waals surface area contributed by atoms with Gasteiger partial charge in [0, 0.05) is 12.2 Å². The molecule has 24 heavy (non-hydrogen) atoms. The second-order valence-electron chi connectivity index (χ2n) is 5.73. The molecule has 0 radical (unpaired) electrons. The molecular weight excluding hydrogens is 302 g/mol. The number of nitrogens with zero attached hydrogens (tertiary/aromatic N) is 2. The fraction of sp³-hybridized carbons (Fsp3) is 0.263. The Morgan fingerprint density at radius 2 is 1.96 bits per heavy atom. The van der Waals surface area contributed by atoms with Gasteiger partial charge in [-0.15, -0.1) is 0 Å². The fourth-order valence-corrected chi connectivity index (χ4v) is 2.57. The number of urea groups is 1. The largest absolute Gasteiger partial charge is 0.485 e. The second kappa shape index (κ2) is 7.17. The van der Waals surface area contributed by atoms with Crippen LogP contribution in [0.4, 0.5) is 10.5 Å². The monoisotopic (exact) mass is 323 g/mol. The first-order valence-electron chi connectivity index (χ1n) is 8.01. The van der Waals surface area contributed by atoms with Crippen molar-refractivity contribution in [1.82, 2.24) is 4.90 Å². The molecule has 0 atom stereocenters. The maximum Gasteiger partial charge on any atom is 0.327 e. The molecule has 3 rings (SSSR count). The smallest absolute Gasteiger partial charge is 0.327 e. The Balaban J connectivity index is 1.63. The average molecular weight is 323 g/mol. The highest BCUT2D eigenvalue weighted by molar-refractivity contribution is 6.04. The van der Waals surface area contributed by atoms with Crippen molar-refractivity contribution in [2.75, 3.05) is 25.0 Å². The zero-order valence-corrected chi connectivity index (χ0v) is 14.0. The van der Waals surface area contributed by atoms with E-state index in [0.29, 0.717) is 18.9 Å². The van der Waals surface area contributed by atoms with Crippen LogP contribution in [0.25, 0.3) is 0 Å². The number of anilines is 1. The first-order chi connectivity index (χ1) is 11.6. The highest BCUT2D eigenvalue weighted by atomic mass is 16.5. The molecule has 1 N–H and O–H groups in total. The van der Waals surface area contributed by atoms with E-state index in [1.165, 1.54) is 5.56 Å². The van der Waals surface area contributed by atoms with Gasteiger partial charge in [-0.25, -0.2) is 4.79 Å². The minimum Gasteiger partial charge on any atom is -0.485 e. The summed E-state index contributed by atoms with van der Waals surface area (Å²) in [6.45, 7) is 5.54. The molecule has 0 unspecified atom stereocenters. The van der Waals surface area contributed by atoms with Crippen LogP contribution in [-0.2, 0) is 0 Å². The molecule has 0 aromatic heterocycles. The van der Waals surface area contributed by atoms with Crippen LogP contribution in [0.2, 0.25) is 0 Å². The van der Waals surface area contributed by atoms with E-state index in [4.69, 9.17) is 4.74 Å². The lowest BCUT2D eigenvalue weighted by Crippen LogP contribution is -2.40. The maximum atomic E-state index is 12.4. The number of benzene rings is 2. The van der Waals surface area contributed by atoms with E-state index < -0.39 is 0 Å². The van der Waals surface area contributed by atoms with Crippen molar-refractivity contribution in [3.63, 3.8) is 0 Å². The molecular formula is C19H21N3O2. The predicted molar refractivity (Wildman–Crippen MR) is 95.9 cm³/mol. The Morgan fingerprint density at radius 1 is 1.17 bits per heavy atom. The quantitative estimate of drug-likeness (QED) is 0.934. The third-order valence-electron chi connectivity index (χ3n) is 4.11. The highest BCUT2D eigenvalue weighted by Gasteiger charge is 2.24. The van der Waals surface area contributed by atoms with Gasteiger partial charge in [-0.3, -0.25) is 9.89 Å². The molecule has 1 aliphatic heterocycles. The van der Waals surface area contributed by atoms with Crippen LogP contribution in [0, 0.1) is 13.8 Å². The van der Waals surface area contributed by atoms with Gasteiger partial charge in [0.25, 0.3) is 0 Å². The van der Waals surface area contributed by atoms with Crippen LogP contribution in [0.1, 0.15) is 11.1 Å². The summed E-state index contributed by atoms with van der Waals surface area (Å²) in [6, 6.07) is 15.2. The lowest BCUT2D eigenvalue weighted by atomic mass is 10.1. The van der Waals surface area contributed by atoms with Gasteiger partial charge in [0.2, 0.25) is 0 Å². The van der Waals surface area contributed by atoms with Crippen LogP contribution in [0.3, 0.4) is 0 Å². The highest BCUT2D eigenvalue weighted by Crippen LogP contribution is 2.21. The molecule has 0 spiro atoms. The minimum atomic E-state index is -0.179. The summed E-state index contributed by atoms with van der Waals surface area (Å²) in [7, 11) is 0. The molecule has 0 bridgehead atoms. The van der Waals surface area contributed by atoms with Crippen molar-refractivity contribution in [2.24, 2.45) is 4.99 Å². The molecule has 2 amide bonds. The number of carbonyl (C=O) groups excluding carboxylic acids is 1. The number of amidine groups is 1. The van der Waals surface area contributed by atoms with Crippen LogP contribution in [0.5, 0.6) is 5.75 Å². The maximum absolute atomic E-state index is 12.4. The summed E-state index contributed by atoms with van der Waals surface area (Å²) in [4.78, 5) is 18.5. The lowest BCUT2D eigenvalue weighted by molar-refractivity contribution is 0.234. The molecule has 2 aromatic rings. The molecule has 1 aliphatic rings. The zero-order valence-electron chi connectivity index (χ0n) is 14.0. The Hall–Kier alpha value is -2.82.